The number of benzene rings is 2. The lowest BCUT2D eigenvalue weighted by molar-refractivity contribution is 0.0684. The number of piperidine rings is 1. The molecule has 0 spiro atoms. The summed E-state index contributed by atoms with van der Waals surface area (Å²) in [6.07, 6.45) is 4.80. The van der Waals surface area contributed by atoms with Crippen LogP contribution < -0.4 is 10.1 Å². The van der Waals surface area contributed by atoms with Crippen LogP contribution in [0.3, 0.4) is 0 Å². The Morgan fingerprint density at radius 3 is 2.17 bits per heavy atom. The molecule has 1 N–H and O–H groups in total. The average molecular weight is 476 g/mol. The van der Waals surface area contributed by atoms with Gasteiger partial charge in [-0.3, -0.25) is 9.59 Å². The van der Waals surface area contributed by atoms with Crippen LogP contribution in [0.15, 0.2) is 73.1 Å². The number of nitrogens with zero attached hydrogens (tertiary/aromatic N) is 2. The van der Waals surface area contributed by atoms with Crippen LogP contribution in [-0.2, 0) is 4.74 Å². The highest BCUT2D eigenvalue weighted by atomic mass is 16.7. The molecule has 0 aliphatic carbocycles. The Morgan fingerprint density at radius 1 is 0.914 bits per heavy atom. The minimum Gasteiger partial charge on any atom is -0.434 e. The van der Waals surface area contributed by atoms with Gasteiger partial charge in [-0.05, 0) is 86.3 Å². The Balaban J connectivity index is 1.22. The smallest absolute Gasteiger partial charge is 0.434 e. The summed E-state index contributed by atoms with van der Waals surface area (Å²) in [6, 6.07) is 17.9. The van der Waals surface area contributed by atoms with Gasteiger partial charge in [0.25, 0.3) is 11.8 Å². The summed E-state index contributed by atoms with van der Waals surface area (Å²) in [5.74, 6) is 0.502. The van der Waals surface area contributed by atoms with Crippen LogP contribution >= 0.6 is 0 Å². The number of nitrogens with one attached hydrogen (secondary N) is 1. The van der Waals surface area contributed by atoms with Crippen molar-refractivity contribution in [2.24, 2.45) is 5.92 Å². The first-order chi connectivity index (χ1) is 17.0. The van der Waals surface area contributed by atoms with Crippen LogP contribution in [0.1, 0.15) is 40.5 Å². The second-order valence-corrected chi connectivity index (χ2v) is 8.39. The second kappa shape index (κ2) is 11.4. The molecule has 0 radical (unpaired) electrons. The van der Waals surface area contributed by atoms with E-state index in [9.17, 15) is 14.4 Å². The molecule has 35 heavy (non-hydrogen) atoms. The van der Waals surface area contributed by atoms with Crippen molar-refractivity contribution in [3.05, 3.63) is 84.2 Å². The first-order valence-electron chi connectivity index (χ1n) is 11.8. The monoisotopic (exact) mass is 475 g/mol. The van der Waals surface area contributed by atoms with Gasteiger partial charge in [-0.2, -0.15) is 0 Å². The van der Waals surface area contributed by atoms with E-state index in [4.69, 9.17) is 9.47 Å². The van der Waals surface area contributed by atoms with Crippen LogP contribution in [0.25, 0.3) is 5.69 Å². The SMILES string of the molecule is CCOC(=O)Oc1ccc(C(=O)N2CCC(CNC(=O)c3ccc(-n4cccc4)cc3)CC2)cc1. The fourth-order valence-electron chi connectivity index (χ4n) is 4.06. The number of hydrogen-bond donors (Lipinski definition) is 1. The van der Waals surface area contributed by atoms with E-state index in [1.54, 1.807) is 31.2 Å². The summed E-state index contributed by atoms with van der Waals surface area (Å²) in [5.41, 5.74) is 2.17. The molecule has 3 aromatic rings. The van der Waals surface area contributed by atoms with Gasteiger partial charge in [-0.15, -0.1) is 0 Å². The van der Waals surface area contributed by atoms with Crippen molar-refractivity contribution in [3.63, 3.8) is 0 Å². The zero-order valence-electron chi connectivity index (χ0n) is 19.7. The zero-order chi connectivity index (χ0) is 24.6. The quantitative estimate of drug-likeness (QED) is 0.407. The minimum atomic E-state index is -0.769. The van der Waals surface area contributed by atoms with E-state index in [1.807, 2.05) is 58.3 Å². The molecule has 0 atom stereocenters. The second-order valence-electron chi connectivity index (χ2n) is 8.39. The predicted molar refractivity (Wildman–Crippen MR) is 131 cm³/mol. The van der Waals surface area contributed by atoms with Gasteiger partial charge in [-0.1, -0.05) is 0 Å². The Labute approximate surface area is 204 Å². The van der Waals surface area contributed by atoms with E-state index >= 15 is 0 Å². The third kappa shape index (κ3) is 6.29. The fourth-order valence-corrected chi connectivity index (χ4v) is 4.06. The van der Waals surface area contributed by atoms with Crippen LogP contribution in [0.4, 0.5) is 4.79 Å². The summed E-state index contributed by atoms with van der Waals surface area (Å²) in [7, 11) is 0. The van der Waals surface area contributed by atoms with Gasteiger partial charge in [0.2, 0.25) is 0 Å². The molecule has 1 aromatic heterocycles. The van der Waals surface area contributed by atoms with Gasteiger partial charge >= 0.3 is 6.16 Å². The molecule has 2 heterocycles. The maximum Gasteiger partial charge on any atom is 0.513 e. The Morgan fingerprint density at radius 2 is 1.54 bits per heavy atom. The van der Waals surface area contributed by atoms with Crippen molar-refractivity contribution in [2.75, 3.05) is 26.2 Å². The maximum atomic E-state index is 12.8. The van der Waals surface area contributed by atoms with Crippen molar-refractivity contribution in [3.8, 4) is 11.4 Å². The molecule has 182 valence electrons. The highest BCUT2D eigenvalue weighted by Gasteiger charge is 2.24. The number of likely N-dealkylation sites (tertiary alicyclic amines) is 1. The third-order valence-electron chi connectivity index (χ3n) is 6.05. The molecule has 1 aliphatic rings. The normalized spacial score (nSPS) is 13.8. The number of carbonyl (C=O) groups excluding carboxylic acids is 3. The van der Waals surface area contributed by atoms with Gasteiger partial charge in [0, 0.05) is 48.8 Å². The largest absolute Gasteiger partial charge is 0.513 e. The lowest BCUT2D eigenvalue weighted by Crippen LogP contribution is -2.41. The standard InChI is InChI=1S/C27H29N3O5/c1-2-34-27(33)35-24-11-7-22(8-12-24)26(32)30-17-13-20(14-18-30)19-28-25(31)21-5-9-23(10-6-21)29-15-3-4-16-29/h3-12,15-16,20H,2,13-14,17-19H2,1H3,(H,28,31). The van der Waals surface area contributed by atoms with Gasteiger partial charge in [0.1, 0.15) is 5.75 Å². The van der Waals surface area contributed by atoms with E-state index < -0.39 is 6.16 Å². The molecule has 0 bridgehead atoms. The van der Waals surface area contributed by atoms with Crippen molar-refractivity contribution < 1.29 is 23.9 Å². The highest BCUT2D eigenvalue weighted by Crippen LogP contribution is 2.20. The molecule has 8 nitrogen and oxygen atoms in total. The summed E-state index contributed by atoms with van der Waals surface area (Å²) >= 11 is 0. The summed E-state index contributed by atoms with van der Waals surface area (Å²) in [5, 5.41) is 3.03. The lowest BCUT2D eigenvalue weighted by atomic mass is 9.96. The molecule has 2 aromatic carbocycles. The highest BCUT2D eigenvalue weighted by molar-refractivity contribution is 5.95. The Bertz CT molecular complexity index is 1130. The number of hydrogen-bond acceptors (Lipinski definition) is 5. The molecule has 8 heteroatoms. The van der Waals surface area contributed by atoms with E-state index in [1.165, 1.54) is 0 Å². The molecular formula is C27H29N3O5. The summed E-state index contributed by atoms with van der Waals surface area (Å²) < 4.78 is 11.8. The first-order valence-corrected chi connectivity index (χ1v) is 11.8. The minimum absolute atomic E-state index is 0.0575. The van der Waals surface area contributed by atoms with Gasteiger partial charge in [0.15, 0.2) is 0 Å². The van der Waals surface area contributed by atoms with Gasteiger partial charge in [-0.25, -0.2) is 4.79 Å². The lowest BCUT2D eigenvalue weighted by Gasteiger charge is -2.32. The molecule has 2 amide bonds. The van der Waals surface area contributed by atoms with Crippen molar-refractivity contribution in [1.82, 2.24) is 14.8 Å². The van der Waals surface area contributed by atoms with Crippen LogP contribution in [-0.4, -0.2) is 53.7 Å². The van der Waals surface area contributed by atoms with Crippen LogP contribution in [0.2, 0.25) is 0 Å². The van der Waals surface area contributed by atoms with Gasteiger partial charge < -0.3 is 24.3 Å². The van der Waals surface area contributed by atoms with Crippen molar-refractivity contribution in [1.29, 1.82) is 0 Å². The number of aromatic nitrogens is 1. The number of carbonyl (C=O) groups is 3. The third-order valence-corrected chi connectivity index (χ3v) is 6.05. The molecule has 1 fully saturated rings. The maximum absolute atomic E-state index is 12.8. The van der Waals surface area contributed by atoms with Gasteiger partial charge in [0.05, 0.1) is 6.61 Å². The number of rotatable bonds is 7. The van der Waals surface area contributed by atoms with Crippen molar-refractivity contribution in [2.45, 2.75) is 19.8 Å². The molecule has 0 saturated carbocycles. The van der Waals surface area contributed by atoms with Crippen LogP contribution in [0.5, 0.6) is 5.75 Å². The molecule has 1 aliphatic heterocycles. The molecule has 1 saturated heterocycles. The predicted octanol–water partition coefficient (Wildman–Crippen LogP) is 4.29. The van der Waals surface area contributed by atoms with E-state index in [-0.39, 0.29) is 18.4 Å². The average Bonchev–Trinajstić information content (AvgIpc) is 3.43. The summed E-state index contributed by atoms with van der Waals surface area (Å²) in [6.45, 7) is 3.78. The number of amides is 2. The van der Waals surface area contributed by atoms with Crippen molar-refractivity contribution >= 4 is 18.0 Å². The Hall–Kier alpha value is -4.07. The summed E-state index contributed by atoms with van der Waals surface area (Å²) in [4.78, 5) is 38.6. The molecule has 4 rings (SSSR count). The van der Waals surface area contributed by atoms with Crippen LogP contribution in [0, 0.1) is 5.92 Å². The number of ether oxygens (including phenoxy) is 2. The fraction of sp³-hybridized carbons (Fsp3) is 0.296. The van der Waals surface area contributed by atoms with E-state index in [0.717, 1.165) is 18.5 Å². The molecular weight excluding hydrogens is 446 g/mol. The van der Waals surface area contributed by atoms with E-state index in [2.05, 4.69) is 5.32 Å². The zero-order valence-corrected chi connectivity index (χ0v) is 19.7. The molecule has 0 unspecified atom stereocenters. The Kier molecular flexibility index (Phi) is 7.82. The first kappa shape index (κ1) is 24.1. The van der Waals surface area contributed by atoms with E-state index in [0.29, 0.717) is 42.4 Å². The topological polar surface area (TPSA) is 89.9 Å².